The highest BCUT2D eigenvalue weighted by Crippen LogP contribution is 2.26. The average molecular weight is 335 g/mol. The van der Waals surface area contributed by atoms with Gasteiger partial charge in [-0.15, -0.1) is 0 Å². The summed E-state index contributed by atoms with van der Waals surface area (Å²) in [6.45, 7) is 7.95. The Labute approximate surface area is 132 Å². The molecule has 2 N–H and O–H groups in total. The molecule has 0 radical (unpaired) electrons. The van der Waals surface area contributed by atoms with E-state index in [1.807, 2.05) is 18.7 Å². The average Bonchev–Trinajstić information content (AvgIpc) is 2.65. The minimum Gasteiger partial charge on any atom is -0.465 e. The molecule has 7 heteroatoms. The molecule has 5 nitrogen and oxygen atoms in total. The highest BCUT2D eigenvalue weighted by molar-refractivity contribution is 7.99. The van der Waals surface area contributed by atoms with Crippen LogP contribution in [0.2, 0.25) is 0 Å². The van der Waals surface area contributed by atoms with Crippen LogP contribution in [0.15, 0.2) is 9.31 Å². The monoisotopic (exact) mass is 334 g/mol. The maximum atomic E-state index is 12.6. The number of hydrogen-bond acceptors (Lipinski definition) is 5. The van der Waals surface area contributed by atoms with Crippen LogP contribution in [0.5, 0.6) is 0 Å². The van der Waals surface area contributed by atoms with Crippen molar-refractivity contribution in [1.29, 1.82) is 0 Å². The molecule has 1 unspecified atom stereocenters. The van der Waals surface area contributed by atoms with Crippen molar-refractivity contribution >= 4 is 21.8 Å². The lowest BCUT2D eigenvalue weighted by molar-refractivity contribution is 0.492. The van der Waals surface area contributed by atoms with Crippen molar-refractivity contribution in [2.45, 2.75) is 51.6 Å². The van der Waals surface area contributed by atoms with Crippen LogP contribution >= 0.6 is 11.8 Å². The number of nitrogens with one attached hydrogen (secondary N) is 2. The zero-order chi connectivity index (χ0) is 16.0. The summed E-state index contributed by atoms with van der Waals surface area (Å²) >= 11 is 1.81. The summed E-state index contributed by atoms with van der Waals surface area (Å²) in [6, 6.07) is -0.0916. The maximum absolute atomic E-state index is 12.6. The van der Waals surface area contributed by atoms with Crippen molar-refractivity contribution in [1.82, 2.24) is 10.0 Å². The second-order valence-corrected chi connectivity index (χ2v) is 8.11. The lowest BCUT2D eigenvalue weighted by atomic mass is 10.2. The van der Waals surface area contributed by atoms with Gasteiger partial charge in [-0.25, -0.2) is 13.1 Å². The molecule has 0 saturated heterocycles. The number of hydrogen-bond donors (Lipinski definition) is 2. The van der Waals surface area contributed by atoms with Crippen LogP contribution in [-0.2, 0) is 16.6 Å². The van der Waals surface area contributed by atoms with Crippen LogP contribution < -0.4 is 10.0 Å². The third kappa shape index (κ3) is 5.02. The molecule has 21 heavy (non-hydrogen) atoms. The van der Waals surface area contributed by atoms with Gasteiger partial charge in [0.1, 0.15) is 16.4 Å². The summed E-state index contributed by atoms with van der Waals surface area (Å²) in [5.41, 5.74) is 0.706. The Hall–Kier alpha value is -0.500. The van der Waals surface area contributed by atoms with Crippen molar-refractivity contribution in [3.8, 4) is 0 Å². The molecule has 0 aliphatic rings. The van der Waals surface area contributed by atoms with Gasteiger partial charge in [-0.2, -0.15) is 11.8 Å². The Morgan fingerprint density at radius 1 is 1.29 bits per heavy atom. The predicted octanol–water partition coefficient (Wildman–Crippen LogP) is 2.43. The van der Waals surface area contributed by atoms with E-state index in [0.29, 0.717) is 23.6 Å². The first-order chi connectivity index (χ1) is 9.83. The van der Waals surface area contributed by atoms with E-state index < -0.39 is 10.0 Å². The van der Waals surface area contributed by atoms with E-state index in [1.165, 1.54) is 0 Å². The minimum absolute atomic E-state index is 0.0916. The molecular weight excluding hydrogens is 308 g/mol. The van der Waals surface area contributed by atoms with Gasteiger partial charge in [0, 0.05) is 18.2 Å². The molecule has 0 bridgehead atoms. The van der Waals surface area contributed by atoms with Crippen molar-refractivity contribution in [3.05, 3.63) is 17.1 Å². The van der Waals surface area contributed by atoms with Crippen molar-refractivity contribution in [2.24, 2.45) is 0 Å². The first-order valence-corrected chi connectivity index (χ1v) is 9.80. The quantitative estimate of drug-likeness (QED) is 0.679. The summed E-state index contributed by atoms with van der Waals surface area (Å²) in [5, 5.41) is 2.99. The van der Waals surface area contributed by atoms with Crippen LogP contribution in [0.1, 0.15) is 37.4 Å². The fourth-order valence-electron chi connectivity index (χ4n) is 2.23. The molecule has 0 spiro atoms. The van der Waals surface area contributed by atoms with Gasteiger partial charge in [0.15, 0.2) is 0 Å². The van der Waals surface area contributed by atoms with Gasteiger partial charge < -0.3 is 9.73 Å². The lowest BCUT2D eigenvalue weighted by Crippen LogP contribution is -2.34. The Bertz CT molecular complexity index is 553. The summed E-state index contributed by atoms with van der Waals surface area (Å²) in [7, 11) is -1.76. The molecule has 1 rings (SSSR count). The fourth-order valence-corrected chi connectivity index (χ4v) is 4.76. The van der Waals surface area contributed by atoms with Gasteiger partial charge in [-0.3, -0.25) is 0 Å². The highest BCUT2D eigenvalue weighted by Gasteiger charge is 2.27. The lowest BCUT2D eigenvalue weighted by Gasteiger charge is -2.14. The van der Waals surface area contributed by atoms with E-state index in [1.54, 1.807) is 20.9 Å². The Morgan fingerprint density at radius 2 is 1.95 bits per heavy atom. The number of rotatable bonds is 9. The standard InChI is InChI=1S/C14H26N2O3S2/c1-6-20-8-7-10(2)16-21(17,18)14-12(4)19-11(3)13(14)9-15-5/h10,15-16H,6-9H2,1-5H3. The smallest absolute Gasteiger partial charge is 0.244 e. The number of aryl methyl sites for hydroxylation is 2. The van der Waals surface area contributed by atoms with Gasteiger partial charge in [0.2, 0.25) is 10.0 Å². The fraction of sp³-hybridized carbons (Fsp3) is 0.714. The number of sulfonamides is 1. The van der Waals surface area contributed by atoms with Crippen molar-refractivity contribution in [3.63, 3.8) is 0 Å². The molecule has 0 aliphatic carbocycles. The van der Waals surface area contributed by atoms with Crippen LogP contribution in [-0.4, -0.2) is 33.0 Å². The summed E-state index contributed by atoms with van der Waals surface area (Å²) in [6.07, 6.45) is 0.814. The van der Waals surface area contributed by atoms with Crippen molar-refractivity contribution in [2.75, 3.05) is 18.6 Å². The number of furan rings is 1. The molecular formula is C14H26N2O3S2. The second-order valence-electron chi connectivity index (χ2n) is 5.06. The summed E-state index contributed by atoms with van der Waals surface area (Å²) in [4.78, 5) is 0.282. The first-order valence-electron chi connectivity index (χ1n) is 7.17. The molecule has 1 heterocycles. The topological polar surface area (TPSA) is 71.3 Å². The van der Waals surface area contributed by atoms with Gasteiger partial charge in [0.25, 0.3) is 0 Å². The van der Waals surface area contributed by atoms with Gasteiger partial charge in [0.05, 0.1) is 0 Å². The molecule has 1 aromatic heterocycles. The zero-order valence-corrected chi connectivity index (χ0v) is 15.1. The SMILES string of the molecule is CCSCCC(C)NS(=O)(=O)c1c(C)oc(C)c1CNC. The number of thioether (sulfide) groups is 1. The van der Waals surface area contributed by atoms with Crippen LogP contribution in [0.4, 0.5) is 0 Å². The first kappa shape index (κ1) is 18.5. The zero-order valence-electron chi connectivity index (χ0n) is 13.4. The molecule has 0 saturated carbocycles. The van der Waals surface area contributed by atoms with E-state index in [2.05, 4.69) is 17.0 Å². The minimum atomic E-state index is -3.55. The molecule has 0 fully saturated rings. The predicted molar refractivity (Wildman–Crippen MR) is 88.3 cm³/mol. The van der Waals surface area contributed by atoms with E-state index >= 15 is 0 Å². The van der Waals surface area contributed by atoms with E-state index in [9.17, 15) is 8.42 Å². The summed E-state index contributed by atoms with van der Waals surface area (Å²) < 4.78 is 33.5. The molecule has 1 aromatic rings. The third-order valence-electron chi connectivity index (χ3n) is 3.20. The molecule has 0 amide bonds. The van der Waals surface area contributed by atoms with Gasteiger partial charge in [-0.1, -0.05) is 6.92 Å². The van der Waals surface area contributed by atoms with Crippen molar-refractivity contribution < 1.29 is 12.8 Å². The van der Waals surface area contributed by atoms with E-state index in [-0.39, 0.29) is 10.9 Å². The Balaban J connectivity index is 2.92. The van der Waals surface area contributed by atoms with Gasteiger partial charge >= 0.3 is 0 Å². The van der Waals surface area contributed by atoms with Crippen LogP contribution in [0, 0.1) is 13.8 Å². The molecule has 1 atom stereocenters. The largest absolute Gasteiger partial charge is 0.465 e. The highest BCUT2D eigenvalue weighted by atomic mass is 32.2. The van der Waals surface area contributed by atoms with Crippen LogP contribution in [0.3, 0.4) is 0 Å². The molecule has 0 aliphatic heterocycles. The Morgan fingerprint density at radius 3 is 2.52 bits per heavy atom. The van der Waals surface area contributed by atoms with E-state index in [4.69, 9.17) is 4.42 Å². The Kier molecular flexibility index (Phi) is 7.26. The third-order valence-corrected chi connectivity index (χ3v) is 5.92. The normalized spacial score (nSPS) is 13.6. The molecule has 0 aromatic carbocycles. The maximum Gasteiger partial charge on any atom is 0.244 e. The second kappa shape index (κ2) is 8.22. The summed E-state index contributed by atoms with van der Waals surface area (Å²) in [5.74, 6) is 3.09. The van der Waals surface area contributed by atoms with Gasteiger partial charge in [-0.05, 0) is 45.7 Å². The van der Waals surface area contributed by atoms with Crippen LogP contribution in [0.25, 0.3) is 0 Å². The molecule has 122 valence electrons. The van der Waals surface area contributed by atoms with E-state index in [0.717, 1.165) is 17.9 Å².